The molecule has 0 atom stereocenters. The molecular formula is C7H6ClN5O2. The van der Waals surface area contributed by atoms with E-state index in [1.165, 1.54) is 6.33 Å². The summed E-state index contributed by atoms with van der Waals surface area (Å²) in [6.07, 6.45) is 7.06. The number of hydrogen-bond acceptors (Lipinski definition) is 5. The molecule has 2 aromatic heterocycles. The summed E-state index contributed by atoms with van der Waals surface area (Å²) in [4.78, 5) is 16.7. The Morgan fingerprint density at radius 1 is 1.40 bits per heavy atom. The van der Waals surface area contributed by atoms with Crippen LogP contribution in [0, 0.1) is 10.1 Å². The van der Waals surface area contributed by atoms with Crippen LogP contribution < -0.4 is 0 Å². The van der Waals surface area contributed by atoms with E-state index in [4.69, 9.17) is 11.8 Å². The lowest BCUT2D eigenvalue weighted by Gasteiger charge is -1.77. The van der Waals surface area contributed by atoms with Crippen molar-refractivity contribution < 1.29 is 4.92 Å². The Labute approximate surface area is 89.6 Å². The van der Waals surface area contributed by atoms with Crippen molar-refractivity contribution in [3.8, 4) is 0 Å². The lowest BCUT2D eigenvalue weighted by Crippen LogP contribution is -1.83. The molecule has 0 fully saturated rings. The van der Waals surface area contributed by atoms with Gasteiger partial charge in [-0.25, -0.2) is 9.97 Å². The van der Waals surface area contributed by atoms with Crippen molar-refractivity contribution in [3.63, 3.8) is 0 Å². The summed E-state index contributed by atoms with van der Waals surface area (Å²) in [5, 5.41) is 13.3. The van der Waals surface area contributed by atoms with Crippen LogP contribution in [-0.2, 0) is 0 Å². The van der Waals surface area contributed by atoms with Gasteiger partial charge in [-0.3, -0.25) is 10.1 Å². The fourth-order valence-electron chi connectivity index (χ4n) is 0.638. The standard InChI is InChI=1S/C4H4N2.C3H2ClN3O2/c1-2-5-4-6-3-1;4-6-2-3(1-5-6)7(8)9/h1-4H;1-2H. The zero-order valence-corrected chi connectivity index (χ0v) is 8.15. The summed E-state index contributed by atoms with van der Waals surface area (Å²) in [7, 11) is 0. The van der Waals surface area contributed by atoms with Gasteiger partial charge in [-0.2, -0.15) is 9.30 Å². The van der Waals surface area contributed by atoms with Crippen LogP contribution in [0.5, 0.6) is 0 Å². The third kappa shape index (κ3) is 4.14. The number of nitrogens with zero attached hydrogens (tertiary/aromatic N) is 5. The summed E-state index contributed by atoms with van der Waals surface area (Å²) in [6.45, 7) is 0. The predicted octanol–water partition coefficient (Wildman–Crippen LogP) is 1.27. The average molecular weight is 228 g/mol. The van der Waals surface area contributed by atoms with E-state index in [0.29, 0.717) is 0 Å². The molecular weight excluding hydrogens is 222 g/mol. The minimum Gasteiger partial charge on any atom is -0.258 e. The van der Waals surface area contributed by atoms with E-state index in [0.717, 1.165) is 16.6 Å². The maximum absolute atomic E-state index is 9.91. The fraction of sp³-hybridized carbons (Fsp3) is 0. The summed E-state index contributed by atoms with van der Waals surface area (Å²) < 4.78 is 0.859. The smallest absolute Gasteiger partial charge is 0.258 e. The molecule has 0 aliphatic heterocycles. The molecule has 78 valence electrons. The van der Waals surface area contributed by atoms with Crippen LogP contribution in [-0.4, -0.2) is 24.2 Å². The molecule has 7 nitrogen and oxygen atoms in total. The van der Waals surface area contributed by atoms with E-state index in [1.807, 2.05) is 0 Å². The van der Waals surface area contributed by atoms with Crippen LogP contribution in [0.25, 0.3) is 0 Å². The van der Waals surface area contributed by atoms with Gasteiger partial charge in [0, 0.05) is 24.2 Å². The van der Waals surface area contributed by atoms with Crippen LogP contribution >= 0.6 is 11.8 Å². The summed E-state index contributed by atoms with van der Waals surface area (Å²) in [6, 6.07) is 1.78. The van der Waals surface area contributed by atoms with Crippen LogP contribution in [0.3, 0.4) is 0 Å². The molecule has 0 N–H and O–H groups in total. The first-order valence-corrected chi connectivity index (χ1v) is 4.09. The van der Waals surface area contributed by atoms with Gasteiger partial charge in [-0.05, 0) is 6.07 Å². The van der Waals surface area contributed by atoms with Gasteiger partial charge in [0.2, 0.25) is 0 Å². The molecule has 0 aliphatic carbocycles. The van der Waals surface area contributed by atoms with Gasteiger partial charge < -0.3 is 0 Å². The summed E-state index contributed by atoms with van der Waals surface area (Å²) in [5.41, 5.74) is -0.106. The van der Waals surface area contributed by atoms with Crippen LogP contribution in [0.15, 0.2) is 37.2 Å². The molecule has 2 rings (SSSR count). The van der Waals surface area contributed by atoms with E-state index in [-0.39, 0.29) is 5.69 Å². The van der Waals surface area contributed by atoms with Gasteiger partial charge in [0.05, 0.1) is 4.92 Å². The van der Waals surface area contributed by atoms with E-state index < -0.39 is 4.92 Å². The molecule has 0 radical (unpaired) electrons. The first kappa shape index (κ1) is 11.1. The number of hydrogen-bond donors (Lipinski definition) is 0. The molecule has 0 bridgehead atoms. The molecule has 0 saturated carbocycles. The lowest BCUT2D eigenvalue weighted by molar-refractivity contribution is -0.384. The lowest BCUT2D eigenvalue weighted by atomic mass is 10.6. The van der Waals surface area contributed by atoms with Crippen LogP contribution in [0.1, 0.15) is 0 Å². The monoisotopic (exact) mass is 227 g/mol. The van der Waals surface area contributed by atoms with E-state index in [9.17, 15) is 10.1 Å². The third-order valence-corrected chi connectivity index (χ3v) is 1.41. The Hall–Kier alpha value is -2.02. The Morgan fingerprint density at radius 2 is 2.07 bits per heavy atom. The number of halogens is 1. The quantitative estimate of drug-likeness (QED) is 0.541. The topological polar surface area (TPSA) is 86.7 Å². The zero-order chi connectivity index (χ0) is 11.1. The largest absolute Gasteiger partial charge is 0.308 e. The molecule has 0 spiro atoms. The first-order chi connectivity index (χ1) is 7.20. The van der Waals surface area contributed by atoms with Crippen LogP contribution in [0.2, 0.25) is 0 Å². The van der Waals surface area contributed by atoms with Crippen LogP contribution in [0.4, 0.5) is 5.69 Å². The third-order valence-electron chi connectivity index (χ3n) is 1.23. The Bertz CT molecular complexity index is 392. The highest BCUT2D eigenvalue weighted by molar-refractivity contribution is 6.14. The van der Waals surface area contributed by atoms with Gasteiger partial charge in [0.25, 0.3) is 0 Å². The first-order valence-electron chi connectivity index (χ1n) is 3.75. The molecule has 15 heavy (non-hydrogen) atoms. The maximum atomic E-state index is 9.91. The van der Waals surface area contributed by atoms with Gasteiger partial charge in [0.15, 0.2) is 0 Å². The Kier molecular flexibility index (Phi) is 4.17. The van der Waals surface area contributed by atoms with Crippen molar-refractivity contribution in [2.24, 2.45) is 0 Å². The molecule has 0 aliphatic rings. The van der Waals surface area contributed by atoms with Crippen molar-refractivity contribution >= 4 is 17.5 Å². The van der Waals surface area contributed by atoms with E-state index >= 15 is 0 Å². The second-order valence-electron chi connectivity index (χ2n) is 2.25. The number of nitro groups is 1. The second kappa shape index (κ2) is 5.66. The van der Waals surface area contributed by atoms with Gasteiger partial charge >= 0.3 is 5.69 Å². The van der Waals surface area contributed by atoms with E-state index in [1.54, 1.807) is 18.5 Å². The SMILES string of the molecule is O=[N+]([O-])c1cnn(Cl)c1.c1cncnc1. The summed E-state index contributed by atoms with van der Waals surface area (Å²) >= 11 is 5.21. The highest BCUT2D eigenvalue weighted by Crippen LogP contribution is 2.07. The van der Waals surface area contributed by atoms with E-state index in [2.05, 4.69) is 15.1 Å². The second-order valence-corrected chi connectivity index (χ2v) is 2.59. The predicted molar refractivity (Wildman–Crippen MR) is 52.2 cm³/mol. The zero-order valence-electron chi connectivity index (χ0n) is 7.39. The maximum Gasteiger partial charge on any atom is 0.308 e. The highest BCUT2D eigenvalue weighted by atomic mass is 35.5. The summed E-state index contributed by atoms with van der Waals surface area (Å²) in [5.74, 6) is 0. The number of rotatable bonds is 1. The average Bonchev–Trinajstić information content (AvgIpc) is 2.69. The Balaban J connectivity index is 0.000000162. The molecule has 0 saturated heterocycles. The molecule has 2 heterocycles. The highest BCUT2D eigenvalue weighted by Gasteiger charge is 2.06. The van der Waals surface area contributed by atoms with Gasteiger partial charge in [0.1, 0.15) is 18.7 Å². The molecule has 0 unspecified atom stereocenters. The molecule has 0 aromatic carbocycles. The Morgan fingerprint density at radius 3 is 2.27 bits per heavy atom. The van der Waals surface area contributed by atoms with Gasteiger partial charge in [-0.15, -0.1) is 0 Å². The molecule has 8 heteroatoms. The minimum atomic E-state index is -0.564. The van der Waals surface area contributed by atoms with Crippen molar-refractivity contribution in [2.75, 3.05) is 0 Å². The van der Waals surface area contributed by atoms with Gasteiger partial charge in [-0.1, -0.05) is 0 Å². The number of aromatic nitrogens is 4. The molecule has 0 amide bonds. The van der Waals surface area contributed by atoms with Crippen molar-refractivity contribution in [1.29, 1.82) is 0 Å². The van der Waals surface area contributed by atoms with Crippen molar-refractivity contribution in [2.45, 2.75) is 0 Å². The van der Waals surface area contributed by atoms with Crippen molar-refractivity contribution in [1.82, 2.24) is 19.3 Å². The van der Waals surface area contributed by atoms with Crippen molar-refractivity contribution in [3.05, 3.63) is 47.3 Å². The normalized spacial score (nSPS) is 8.87. The fourth-order valence-corrected chi connectivity index (χ4v) is 0.781. The molecule has 2 aromatic rings. The minimum absolute atomic E-state index is 0.106.